The molecule has 0 bridgehead atoms. The topological polar surface area (TPSA) is 161 Å². The molecule has 0 aliphatic rings. The summed E-state index contributed by atoms with van der Waals surface area (Å²) in [7, 11) is 0. The third-order valence-electron chi connectivity index (χ3n) is 2.16. The third-order valence-corrected chi connectivity index (χ3v) is 2.16. The third kappa shape index (κ3) is 13.1. The smallest absolute Gasteiger partial charge is 0.317 e. The van der Waals surface area contributed by atoms with E-state index in [1.165, 1.54) is 0 Å². The summed E-state index contributed by atoms with van der Waals surface area (Å²) < 4.78 is 0. The van der Waals surface area contributed by atoms with Gasteiger partial charge >= 0.3 is 11.9 Å². The van der Waals surface area contributed by atoms with Gasteiger partial charge in [0.05, 0.1) is 25.0 Å². The number of hydrogen-bond donors (Lipinski definition) is 2. The molecule has 0 aromatic heterocycles. The summed E-state index contributed by atoms with van der Waals surface area (Å²) in [4.78, 5) is 43.9. The van der Waals surface area contributed by atoms with Crippen LogP contribution in [0.2, 0.25) is 0 Å². The largest absolute Gasteiger partial charge is 0.549 e. The van der Waals surface area contributed by atoms with E-state index in [0.717, 1.165) is 9.80 Å². The van der Waals surface area contributed by atoms with Crippen molar-refractivity contribution in [1.29, 1.82) is 0 Å². The van der Waals surface area contributed by atoms with Gasteiger partial charge in [-0.1, -0.05) is 0 Å². The van der Waals surface area contributed by atoms with E-state index < -0.39 is 50.1 Å². The Hall–Kier alpha value is -1.68. The predicted molar refractivity (Wildman–Crippen MR) is 58.2 cm³/mol. The van der Waals surface area contributed by atoms with Crippen LogP contribution in [0.5, 0.6) is 0 Å². The van der Waals surface area contributed by atoms with Crippen LogP contribution < -0.4 is 10.2 Å². The van der Waals surface area contributed by atoms with Gasteiger partial charge in [-0.2, -0.15) is 0 Å². The number of nitrogens with zero attached hydrogens (tertiary/aromatic N) is 2. The normalized spacial score (nSPS) is 10.2. The number of carboxylic acid groups (broad SMARTS) is 4. The Labute approximate surface area is 130 Å². The Morgan fingerprint density at radius 1 is 0.714 bits per heavy atom. The molecular weight excluding hydrogens is 331 g/mol. The van der Waals surface area contributed by atoms with Crippen molar-refractivity contribution < 1.29 is 56.7 Å². The average Bonchev–Trinajstić information content (AvgIpc) is 2.22. The molecule has 0 aliphatic carbocycles. The molecule has 2 N–H and O–H groups in total. The molecule has 121 valence electrons. The summed E-state index contributed by atoms with van der Waals surface area (Å²) in [5, 5.41) is 38.0. The van der Waals surface area contributed by atoms with Gasteiger partial charge in [0, 0.05) is 43.2 Å². The van der Waals surface area contributed by atoms with Crippen LogP contribution >= 0.6 is 0 Å². The molecule has 0 heterocycles. The monoisotopic (exact) mass is 345 g/mol. The minimum absolute atomic E-state index is 0. The molecule has 0 saturated carbocycles. The second-order valence-corrected chi connectivity index (χ2v) is 3.95. The van der Waals surface area contributed by atoms with Crippen LogP contribution in [0.1, 0.15) is 0 Å². The SMILES string of the molecule is O=C([O-])CN(CCN(CC(=O)O)CC(=O)O)CC(=O)[O-].[Mn]. The molecule has 0 fully saturated rings. The van der Waals surface area contributed by atoms with E-state index in [1.54, 1.807) is 0 Å². The fourth-order valence-electron chi connectivity index (χ4n) is 1.46. The van der Waals surface area contributed by atoms with Crippen molar-refractivity contribution in [2.75, 3.05) is 39.3 Å². The Morgan fingerprint density at radius 2 is 1.00 bits per heavy atom. The van der Waals surface area contributed by atoms with Crippen LogP contribution in [-0.2, 0) is 36.2 Å². The summed E-state index contributed by atoms with van der Waals surface area (Å²) in [6, 6.07) is 0. The van der Waals surface area contributed by atoms with Crippen molar-refractivity contribution in [3.8, 4) is 0 Å². The molecule has 0 aromatic rings. The van der Waals surface area contributed by atoms with Gasteiger partial charge in [0.25, 0.3) is 0 Å². The van der Waals surface area contributed by atoms with E-state index in [4.69, 9.17) is 10.2 Å². The summed E-state index contributed by atoms with van der Waals surface area (Å²) >= 11 is 0. The van der Waals surface area contributed by atoms with Gasteiger partial charge in [0.2, 0.25) is 0 Å². The number of carboxylic acids is 4. The fraction of sp³-hybridized carbons (Fsp3) is 0.600. The molecule has 0 unspecified atom stereocenters. The number of carbonyl (C=O) groups is 4. The molecule has 0 amide bonds. The Morgan fingerprint density at radius 3 is 1.24 bits per heavy atom. The predicted octanol–water partition coefficient (Wildman–Crippen LogP) is -4.74. The average molecular weight is 345 g/mol. The van der Waals surface area contributed by atoms with Gasteiger partial charge in [0.15, 0.2) is 0 Å². The van der Waals surface area contributed by atoms with Crippen LogP contribution in [0.3, 0.4) is 0 Å². The maximum Gasteiger partial charge on any atom is 0.317 e. The van der Waals surface area contributed by atoms with Crippen LogP contribution in [0.15, 0.2) is 0 Å². The van der Waals surface area contributed by atoms with Crippen molar-refractivity contribution in [3.05, 3.63) is 0 Å². The van der Waals surface area contributed by atoms with Gasteiger partial charge in [-0.15, -0.1) is 0 Å². The van der Waals surface area contributed by atoms with Crippen LogP contribution in [-0.4, -0.2) is 83.2 Å². The van der Waals surface area contributed by atoms with Gasteiger partial charge in [-0.3, -0.25) is 19.4 Å². The van der Waals surface area contributed by atoms with E-state index in [1.807, 2.05) is 0 Å². The summed E-state index contributed by atoms with van der Waals surface area (Å²) in [6.07, 6.45) is 0. The minimum Gasteiger partial charge on any atom is -0.549 e. The summed E-state index contributed by atoms with van der Waals surface area (Å²) in [6.45, 7) is -2.75. The van der Waals surface area contributed by atoms with Gasteiger partial charge in [0.1, 0.15) is 0 Å². The Kier molecular flexibility index (Phi) is 11.4. The van der Waals surface area contributed by atoms with E-state index in [0.29, 0.717) is 0 Å². The van der Waals surface area contributed by atoms with Crippen LogP contribution in [0.4, 0.5) is 0 Å². The molecule has 11 heteroatoms. The summed E-state index contributed by atoms with van der Waals surface area (Å²) in [5.41, 5.74) is 0. The van der Waals surface area contributed by atoms with Crippen molar-refractivity contribution >= 4 is 23.9 Å². The Bertz CT molecular complexity index is 321. The molecule has 0 saturated heterocycles. The number of rotatable bonds is 11. The zero-order chi connectivity index (χ0) is 15.7. The molecule has 10 nitrogen and oxygen atoms in total. The zero-order valence-corrected chi connectivity index (χ0v) is 12.0. The number of carbonyl (C=O) groups excluding carboxylic acids is 2. The Balaban J connectivity index is 0. The zero-order valence-electron chi connectivity index (χ0n) is 10.9. The quantitative estimate of drug-likeness (QED) is 0.348. The van der Waals surface area contributed by atoms with Crippen molar-refractivity contribution in [3.63, 3.8) is 0 Å². The molecule has 0 atom stereocenters. The number of hydrogen-bond acceptors (Lipinski definition) is 8. The molecule has 0 spiro atoms. The minimum atomic E-state index is -1.51. The summed E-state index contributed by atoms with van der Waals surface area (Å²) in [5.74, 6) is -5.52. The first-order valence-corrected chi connectivity index (χ1v) is 5.48. The number of aliphatic carboxylic acids is 4. The van der Waals surface area contributed by atoms with E-state index in [9.17, 15) is 29.4 Å². The first kappa shape index (κ1) is 21.6. The molecule has 1 radical (unpaired) electrons. The van der Waals surface area contributed by atoms with E-state index >= 15 is 0 Å². The van der Waals surface area contributed by atoms with Crippen LogP contribution in [0.25, 0.3) is 0 Å². The maximum atomic E-state index is 10.5. The van der Waals surface area contributed by atoms with Crippen LogP contribution in [0, 0.1) is 0 Å². The van der Waals surface area contributed by atoms with Gasteiger partial charge in [-0.05, 0) is 0 Å². The molecule has 0 aromatic carbocycles. The molecular formula is C10H14MnN2O8-2. The molecule has 0 rings (SSSR count). The van der Waals surface area contributed by atoms with E-state index in [2.05, 4.69) is 0 Å². The second-order valence-electron chi connectivity index (χ2n) is 3.95. The van der Waals surface area contributed by atoms with Gasteiger partial charge in [-0.25, -0.2) is 0 Å². The standard InChI is InChI=1S/C10H16N2O8.Mn/c13-7(14)3-11(4-8(15)16)1-2-12(5-9(17)18)6-10(19)20;/h1-6H2,(H,13,14)(H,15,16)(H,17,18)(H,19,20);/p-2. The molecule has 0 aliphatic heterocycles. The van der Waals surface area contributed by atoms with Crippen molar-refractivity contribution in [2.24, 2.45) is 0 Å². The van der Waals surface area contributed by atoms with E-state index in [-0.39, 0.29) is 30.2 Å². The molecule has 21 heavy (non-hydrogen) atoms. The first-order valence-electron chi connectivity index (χ1n) is 5.48. The van der Waals surface area contributed by atoms with Gasteiger partial charge < -0.3 is 30.0 Å². The first-order chi connectivity index (χ1) is 9.20. The maximum absolute atomic E-state index is 10.5. The van der Waals surface area contributed by atoms with Crippen molar-refractivity contribution in [1.82, 2.24) is 9.80 Å². The second kappa shape index (κ2) is 11.0. The van der Waals surface area contributed by atoms with Crippen molar-refractivity contribution in [2.45, 2.75) is 0 Å². The fourth-order valence-corrected chi connectivity index (χ4v) is 1.46.